The zero-order valence-corrected chi connectivity index (χ0v) is 10.6. The molecule has 0 saturated heterocycles. The van der Waals surface area contributed by atoms with Gasteiger partial charge in [0.1, 0.15) is 0 Å². The van der Waals surface area contributed by atoms with Crippen molar-refractivity contribution in [3.05, 3.63) is 41.7 Å². The summed E-state index contributed by atoms with van der Waals surface area (Å²) in [7, 11) is 0. The third kappa shape index (κ3) is 2.35. The van der Waals surface area contributed by atoms with E-state index in [0.29, 0.717) is 18.0 Å². The molecule has 4 nitrogen and oxygen atoms in total. The van der Waals surface area contributed by atoms with Crippen LogP contribution in [0.5, 0.6) is 0 Å². The molecule has 0 aliphatic carbocycles. The summed E-state index contributed by atoms with van der Waals surface area (Å²) < 4.78 is 1.82. The van der Waals surface area contributed by atoms with Crippen LogP contribution in [0.15, 0.2) is 30.5 Å². The highest BCUT2D eigenvalue weighted by atomic mass is 15.3. The summed E-state index contributed by atoms with van der Waals surface area (Å²) in [6.07, 6.45) is 2.25. The van der Waals surface area contributed by atoms with Gasteiger partial charge in [-0.2, -0.15) is 10.4 Å². The van der Waals surface area contributed by atoms with Crippen molar-refractivity contribution in [1.29, 1.82) is 5.26 Å². The number of nitriles is 1. The molecule has 0 amide bonds. The molecule has 0 saturated carbocycles. The number of aromatic nitrogens is 2. The Bertz CT molecular complexity index is 590. The van der Waals surface area contributed by atoms with E-state index in [0.717, 1.165) is 16.9 Å². The molecule has 0 bridgehead atoms. The summed E-state index contributed by atoms with van der Waals surface area (Å²) in [5.41, 5.74) is 9.30. The molecule has 0 radical (unpaired) electrons. The lowest BCUT2D eigenvalue weighted by atomic mass is 10.1. The average molecular weight is 240 g/mol. The summed E-state index contributed by atoms with van der Waals surface area (Å²) in [6, 6.07) is 9.76. The van der Waals surface area contributed by atoms with Crippen LogP contribution in [0.2, 0.25) is 0 Å². The maximum Gasteiger partial charge on any atom is 0.0670 e. The summed E-state index contributed by atoms with van der Waals surface area (Å²) in [6.45, 7) is 4.22. The Balaban J connectivity index is 2.38. The number of hydrogen-bond donors (Lipinski definition) is 1. The van der Waals surface area contributed by atoms with Crippen LogP contribution in [0.3, 0.4) is 0 Å². The predicted molar refractivity (Wildman–Crippen MR) is 71.4 cm³/mol. The van der Waals surface area contributed by atoms with Crippen LogP contribution in [-0.4, -0.2) is 9.78 Å². The topological polar surface area (TPSA) is 67.6 Å². The van der Waals surface area contributed by atoms with Crippen molar-refractivity contribution in [1.82, 2.24) is 9.78 Å². The van der Waals surface area contributed by atoms with Crippen LogP contribution in [-0.2, 0) is 6.42 Å². The maximum atomic E-state index is 8.75. The molecule has 2 aromatic rings. The first-order chi connectivity index (χ1) is 8.61. The highest BCUT2D eigenvalue weighted by Crippen LogP contribution is 2.19. The number of nitrogen functional groups attached to an aromatic ring is 1. The summed E-state index contributed by atoms with van der Waals surface area (Å²) in [5.74, 6) is 0.401. The molecule has 2 N–H and O–H groups in total. The zero-order chi connectivity index (χ0) is 13.1. The molecule has 2 rings (SSSR count). The van der Waals surface area contributed by atoms with Gasteiger partial charge in [-0.15, -0.1) is 0 Å². The van der Waals surface area contributed by atoms with Crippen LogP contribution < -0.4 is 5.73 Å². The van der Waals surface area contributed by atoms with Gasteiger partial charge >= 0.3 is 0 Å². The molecule has 4 heteroatoms. The van der Waals surface area contributed by atoms with Crippen molar-refractivity contribution >= 4 is 5.69 Å². The van der Waals surface area contributed by atoms with Gasteiger partial charge < -0.3 is 5.73 Å². The molecular formula is C14H16N4. The predicted octanol–water partition coefficient (Wildman–Crippen LogP) is 2.64. The number of rotatable bonds is 3. The van der Waals surface area contributed by atoms with Crippen LogP contribution in [0.4, 0.5) is 5.69 Å². The molecule has 1 heterocycles. The van der Waals surface area contributed by atoms with Gasteiger partial charge in [-0.05, 0) is 35.7 Å². The fourth-order valence-electron chi connectivity index (χ4n) is 1.76. The van der Waals surface area contributed by atoms with Gasteiger partial charge in [0.15, 0.2) is 0 Å². The van der Waals surface area contributed by atoms with Gasteiger partial charge in [-0.25, -0.2) is 4.68 Å². The van der Waals surface area contributed by atoms with E-state index in [1.165, 1.54) is 0 Å². The second-order valence-corrected chi connectivity index (χ2v) is 4.56. The lowest BCUT2D eigenvalue weighted by molar-refractivity contribution is 0.768. The molecule has 0 aliphatic heterocycles. The minimum Gasteiger partial charge on any atom is -0.398 e. The SMILES string of the molecule is CC(C)c1ccn(-c2ccc(N)c(CC#N)c2)n1. The Labute approximate surface area is 107 Å². The molecule has 1 aromatic carbocycles. The first-order valence-corrected chi connectivity index (χ1v) is 5.93. The summed E-state index contributed by atoms with van der Waals surface area (Å²) >= 11 is 0. The van der Waals surface area contributed by atoms with Gasteiger partial charge in [-0.3, -0.25) is 0 Å². The molecular weight excluding hydrogens is 224 g/mol. The molecule has 0 atom stereocenters. The smallest absolute Gasteiger partial charge is 0.0670 e. The number of benzene rings is 1. The Kier molecular flexibility index (Phi) is 3.33. The maximum absolute atomic E-state index is 8.75. The Morgan fingerprint density at radius 2 is 2.17 bits per heavy atom. The van der Waals surface area contributed by atoms with E-state index in [1.54, 1.807) is 0 Å². The number of nitrogens with zero attached hydrogens (tertiary/aromatic N) is 3. The summed E-state index contributed by atoms with van der Waals surface area (Å²) in [4.78, 5) is 0. The molecule has 0 spiro atoms. The van der Waals surface area contributed by atoms with Gasteiger partial charge in [0.2, 0.25) is 0 Å². The number of nitrogens with two attached hydrogens (primary N) is 1. The highest BCUT2D eigenvalue weighted by molar-refractivity contribution is 5.53. The number of anilines is 1. The van der Waals surface area contributed by atoms with Crippen molar-refractivity contribution in [3.8, 4) is 11.8 Å². The van der Waals surface area contributed by atoms with Crippen molar-refractivity contribution in [2.24, 2.45) is 0 Å². The van der Waals surface area contributed by atoms with Crippen LogP contribution in [0, 0.1) is 11.3 Å². The molecule has 92 valence electrons. The van der Waals surface area contributed by atoms with Gasteiger partial charge in [0, 0.05) is 11.9 Å². The molecule has 18 heavy (non-hydrogen) atoms. The quantitative estimate of drug-likeness (QED) is 0.838. The van der Waals surface area contributed by atoms with Gasteiger partial charge in [-0.1, -0.05) is 13.8 Å². The van der Waals surface area contributed by atoms with E-state index >= 15 is 0 Å². The first kappa shape index (κ1) is 12.2. The highest BCUT2D eigenvalue weighted by Gasteiger charge is 2.06. The Morgan fingerprint density at radius 1 is 1.39 bits per heavy atom. The van der Waals surface area contributed by atoms with E-state index in [2.05, 4.69) is 25.0 Å². The zero-order valence-electron chi connectivity index (χ0n) is 10.6. The van der Waals surface area contributed by atoms with Gasteiger partial charge in [0.05, 0.1) is 23.9 Å². The van der Waals surface area contributed by atoms with E-state index < -0.39 is 0 Å². The Hall–Kier alpha value is -2.28. The first-order valence-electron chi connectivity index (χ1n) is 5.93. The lowest BCUT2D eigenvalue weighted by Gasteiger charge is -2.06. The van der Waals surface area contributed by atoms with E-state index in [9.17, 15) is 0 Å². The third-order valence-electron chi connectivity index (χ3n) is 2.86. The minimum absolute atomic E-state index is 0.317. The van der Waals surface area contributed by atoms with Gasteiger partial charge in [0.25, 0.3) is 0 Å². The van der Waals surface area contributed by atoms with Crippen molar-refractivity contribution in [2.45, 2.75) is 26.2 Å². The fourth-order valence-corrected chi connectivity index (χ4v) is 1.76. The normalized spacial score (nSPS) is 10.6. The van der Waals surface area contributed by atoms with Crippen molar-refractivity contribution < 1.29 is 0 Å². The van der Waals surface area contributed by atoms with Crippen LogP contribution in [0.25, 0.3) is 5.69 Å². The molecule has 0 unspecified atom stereocenters. The second kappa shape index (κ2) is 4.92. The lowest BCUT2D eigenvalue weighted by Crippen LogP contribution is -2.00. The fraction of sp³-hybridized carbons (Fsp3) is 0.286. The Morgan fingerprint density at radius 3 is 2.78 bits per heavy atom. The largest absolute Gasteiger partial charge is 0.398 e. The second-order valence-electron chi connectivity index (χ2n) is 4.56. The van der Waals surface area contributed by atoms with E-state index in [-0.39, 0.29) is 0 Å². The van der Waals surface area contributed by atoms with E-state index in [4.69, 9.17) is 11.0 Å². The monoisotopic (exact) mass is 240 g/mol. The molecule has 0 aliphatic rings. The van der Waals surface area contributed by atoms with Crippen LogP contribution >= 0.6 is 0 Å². The summed E-state index contributed by atoms with van der Waals surface area (Å²) in [5, 5.41) is 13.3. The standard InChI is InChI=1S/C14H16N4/c1-10(2)14-6-8-18(17-14)12-3-4-13(16)11(9-12)5-7-15/h3-4,6,8-10H,5,16H2,1-2H3. The number of hydrogen-bond acceptors (Lipinski definition) is 3. The molecule has 0 fully saturated rings. The van der Waals surface area contributed by atoms with E-state index in [1.807, 2.05) is 35.1 Å². The average Bonchev–Trinajstić information content (AvgIpc) is 2.82. The van der Waals surface area contributed by atoms with Crippen molar-refractivity contribution in [2.75, 3.05) is 5.73 Å². The molecule has 1 aromatic heterocycles. The third-order valence-corrected chi connectivity index (χ3v) is 2.86. The van der Waals surface area contributed by atoms with Crippen LogP contribution in [0.1, 0.15) is 31.0 Å². The van der Waals surface area contributed by atoms with Crippen molar-refractivity contribution in [3.63, 3.8) is 0 Å². The minimum atomic E-state index is 0.317.